The van der Waals surface area contributed by atoms with Crippen molar-refractivity contribution in [3.63, 3.8) is 0 Å². The van der Waals surface area contributed by atoms with Crippen molar-refractivity contribution >= 4 is 23.9 Å². The minimum absolute atomic E-state index is 0.161. The lowest BCUT2D eigenvalue weighted by molar-refractivity contribution is -0.151. The highest BCUT2D eigenvalue weighted by atomic mass is 16.6. The minimum atomic E-state index is -0.771. The molecule has 0 saturated heterocycles. The van der Waals surface area contributed by atoms with Gasteiger partial charge in [0.2, 0.25) is 0 Å². The molecule has 196 valence electrons. The van der Waals surface area contributed by atoms with Crippen LogP contribution in [0.15, 0.2) is 24.3 Å². The van der Waals surface area contributed by atoms with Gasteiger partial charge in [0.15, 0.2) is 0 Å². The number of esters is 4. The van der Waals surface area contributed by atoms with E-state index in [1.165, 1.54) is 6.42 Å². The molecule has 0 atom stereocenters. The molecule has 0 N–H and O–H groups in total. The zero-order chi connectivity index (χ0) is 25.8. The van der Waals surface area contributed by atoms with E-state index in [1.54, 1.807) is 6.92 Å². The molecule has 0 unspecified atom stereocenters. The maximum atomic E-state index is 12.2. The van der Waals surface area contributed by atoms with E-state index in [-0.39, 0.29) is 42.8 Å². The number of hydrogen-bond acceptors (Lipinski definition) is 8. The lowest BCUT2D eigenvalue weighted by Gasteiger charge is -2.28. The number of ether oxygens (including phenoxy) is 4. The van der Waals surface area contributed by atoms with Gasteiger partial charge in [-0.1, -0.05) is 39.3 Å². The molecule has 0 aromatic heterocycles. The van der Waals surface area contributed by atoms with Crippen LogP contribution >= 0.6 is 0 Å². The van der Waals surface area contributed by atoms with Crippen molar-refractivity contribution in [2.75, 3.05) is 26.4 Å². The molecular weight excluding hydrogens is 452 g/mol. The van der Waals surface area contributed by atoms with Crippen molar-refractivity contribution in [1.82, 2.24) is 0 Å². The van der Waals surface area contributed by atoms with Gasteiger partial charge in [0.1, 0.15) is 11.1 Å². The fourth-order valence-electron chi connectivity index (χ4n) is 4.60. The molecule has 8 nitrogen and oxygen atoms in total. The molecule has 35 heavy (non-hydrogen) atoms. The lowest BCUT2D eigenvalue weighted by atomic mass is 9.81. The summed E-state index contributed by atoms with van der Waals surface area (Å²) in [6, 6.07) is 0. The first-order chi connectivity index (χ1) is 16.7. The van der Waals surface area contributed by atoms with Crippen LogP contribution in [0.4, 0.5) is 0 Å². The quantitative estimate of drug-likeness (QED) is 0.130. The third-order valence-corrected chi connectivity index (χ3v) is 7.12. The highest BCUT2D eigenvalue weighted by molar-refractivity contribution is 6.13. The number of hydrogen-bond donors (Lipinski definition) is 0. The molecule has 0 aliphatic heterocycles. The van der Waals surface area contributed by atoms with Crippen LogP contribution in [0.5, 0.6) is 0 Å². The van der Waals surface area contributed by atoms with Crippen LogP contribution < -0.4 is 0 Å². The van der Waals surface area contributed by atoms with Crippen LogP contribution in [0, 0.1) is 23.7 Å². The summed E-state index contributed by atoms with van der Waals surface area (Å²) in [5.74, 6) is -1.53. The monoisotopic (exact) mass is 492 g/mol. The number of carbonyl (C=O) groups is 4. The Kier molecular flexibility index (Phi) is 12.0. The van der Waals surface area contributed by atoms with E-state index >= 15 is 0 Å². The summed E-state index contributed by atoms with van der Waals surface area (Å²) in [5.41, 5.74) is -0.579. The summed E-state index contributed by atoms with van der Waals surface area (Å²) in [5, 5.41) is 0. The largest absolute Gasteiger partial charge is 0.462 e. The molecule has 0 spiro atoms. The molecule has 2 aliphatic rings. The molecular formula is C27H40O8. The summed E-state index contributed by atoms with van der Waals surface area (Å²) < 4.78 is 20.6. The van der Waals surface area contributed by atoms with Crippen molar-refractivity contribution in [1.29, 1.82) is 0 Å². The average molecular weight is 493 g/mol. The van der Waals surface area contributed by atoms with E-state index < -0.39 is 23.9 Å². The SMILES string of the molecule is C=C(C(=O)OCC)C(=O)OCC1CCC(COC(=O)C(=C)C(=O)OCC2CCC(CC)CC2)CC1. The third kappa shape index (κ3) is 9.49. The van der Waals surface area contributed by atoms with E-state index in [9.17, 15) is 19.2 Å². The van der Waals surface area contributed by atoms with Gasteiger partial charge in [-0.2, -0.15) is 0 Å². The Morgan fingerprint density at radius 1 is 0.543 bits per heavy atom. The Morgan fingerprint density at radius 3 is 1.11 bits per heavy atom. The molecule has 0 heterocycles. The standard InChI is InChI=1S/C27H40O8/c1-5-20-7-9-21(10-8-20)15-34-26(30)19(4)27(31)35-17-23-13-11-22(12-14-23)16-33-25(29)18(3)24(28)32-6-2/h20-23H,3-17H2,1-2H3. The van der Waals surface area contributed by atoms with Crippen molar-refractivity contribution in [3.05, 3.63) is 24.3 Å². The highest BCUT2D eigenvalue weighted by Gasteiger charge is 2.27. The molecule has 0 amide bonds. The minimum Gasteiger partial charge on any atom is -0.462 e. The van der Waals surface area contributed by atoms with Gasteiger partial charge in [0, 0.05) is 0 Å². The number of rotatable bonds is 12. The summed E-state index contributed by atoms with van der Waals surface area (Å²) in [4.78, 5) is 47.9. The highest BCUT2D eigenvalue weighted by Crippen LogP contribution is 2.31. The smallest absolute Gasteiger partial charge is 0.344 e. The van der Waals surface area contributed by atoms with Crippen LogP contribution in [-0.4, -0.2) is 50.3 Å². The zero-order valence-corrected chi connectivity index (χ0v) is 21.2. The summed E-state index contributed by atoms with van der Waals surface area (Å²) in [6.45, 7) is 11.7. The Labute approximate surface area is 208 Å². The molecule has 0 aromatic rings. The van der Waals surface area contributed by atoms with E-state index in [4.69, 9.17) is 18.9 Å². The first kappa shape index (κ1) is 28.6. The van der Waals surface area contributed by atoms with E-state index in [1.807, 2.05) is 0 Å². The van der Waals surface area contributed by atoms with Crippen LogP contribution in [0.2, 0.25) is 0 Å². The topological polar surface area (TPSA) is 105 Å². The lowest BCUT2D eigenvalue weighted by Crippen LogP contribution is -2.26. The van der Waals surface area contributed by atoms with Gasteiger partial charge in [-0.05, 0) is 69.1 Å². The summed E-state index contributed by atoms with van der Waals surface area (Å²) >= 11 is 0. The van der Waals surface area contributed by atoms with Gasteiger partial charge >= 0.3 is 23.9 Å². The fraction of sp³-hybridized carbons (Fsp3) is 0.704. The number of carbonyl (C=O) groups excluding carboxylic acids is 4. The van der Waals surface area contributed by atoms with Crippen molar-refractivity contribution in [2.24, 2.45) is 23.7 Å². The molecule has 0 radical (unpaired) electrons. The Bertz CT molecular complexity index is 770. The maximum Gasteiger partial charge on any atom is 0.344 e. The van der Waals surface area contributed by atoms with Crippen LogP contribution in [-0.2, 0) is 38.1 Å². The molecule has 0 bridgehead atoms. The molecule has 8 heteroatoms. The van der Waals surface area contributed by atoms with Gasteiger partial charge in [-0.15, -0.1) is 0 Å². The molecule has 2 saturated carbocycles. The predicted octanol–water partition coefficient (Wildman–Crippen LogP) is 4.31. The van der Waals surface area contributed by atoms with Crippen molar-refractivity contribution < 1.29 is 38.1 Å². The average Bonchev–Trinajstić information content (AvgIpc) is 2.88. The first-order valence-corrected chi connectivity index (χ1v) is 12.8. The Hall–Kier alpha value is -2.64. The maximum absolute atomic E-state index is 12.2. The van der Waals surface area contributed by atoms with Gasteiger partial charge < -0.3 is 18.9 Å². The summed E-state index contributed by atoms with van der Waals surface area (Å²) in [6.07, 6.45) is 8.80. The van der Waals surface area contributed by atoms with Gasteiger partial charge in [0.25, 0.3) is 0 Å². The first-order valence-electron chi connectivity index (χ1n) is 12.8. The van der Waals surface area contributed by atoms with E-state index in [0.717, 1.165) is 57.3 Å². The van der Waals surface area contributed by atoms with Crippen molar-refractivity contribution in [3.8, 4) is 0 Å². The Balaban J connectivity index is 1.60. The van der Waals surface area contributed by atoms with Crippen molar-refractivity contribution in [2.45, 2.75) is 71.6 Å². The molecule has 0 aromatic carbocycles. The van der Waals surface area contributed by atoms with E-state index in [0.29, 0.717) is 12.5 Å². The van der Waals surface area contributed by atoms with Crippen LogP contribution in [0.3, 0.4) is 0 Å². The normalized spacial score (nSPS) is 24.1. The molecule has 2 rings (SSSR count). The van der Waals surface area contributed by atoms with Crippen LogP contribution in [0.25, 0.3) is 0 Å². The summed E-state index contributed by atoms with van der Waals surface area (Å²) in [7, 11) is 0. The van der Waals surface area contributed by atoms with Gasteiger partial charge in [-0.3, -0.25) is 0 Å². The second-order valence-electron chi connectivity index (χ2n) is 9.65. The van der Waals surface area contributed by atoms with Crippen LogP contribution in [0.1, 0.15) is 71.6 Å². The van der Waals surface area contributed by atoms with Gasteiger partial charge in [0.05, 0.1) is 26.4 Å². The second kappa shape index (κ2) is 14.7. The Morgan fingerprint density at radius 2 is 0.829 bits per heavy atom. The third-order valence-electron chi connectivity index (χ3n) is 7.12. The zero-order valence-electron chi connectivity index (χ0n) is 21.2. The predicted molar refractivity (Wildman–Crippen MR) is 129 cm³/mol. The fourth-order valence-corrected chi connectivity index (χ4v) is 4.60. The molecule has 2 aliphatic carbocycles. The van der Waals surface area contributed by atoms with Gasteiger partial charge in [-0.25, -0.2) is 19.2 Å². The molecule has 2 fully saturated rings. The second-order valence-corrected chi connectivity index (χ2v) is 9.65. The van der Waals surface area contributed by atoms with E-state index in [2.05, 4.69) is 20.1 Å².